The van der Waals surface area contributed by atoms with Crippen LogP contribution >= 0.6 is 0 Å². The molecule has 1 heterocycles. The summed E-state index contributed by atoms with van der Waals surface area (Å²) in [6.07, 6.45) is 3.35. The minimum absolute atomic E-state index is 0.0592. The largest absolute Gasteiger partial charge is 0.426 e. The minimum atomic E-state index is -0.349. The Hall–Kier alpha value is -2.95. The number of hydrogen-bond donors (Lipinski definition) is 0. The molecule has 1 aliphatic heterocycles. The van der Waals surface area contributed by atoms with Gasteiger partial charge in [0, 0.05) is 0 Å². The summed E-state index contributed by atoms with van der Waals surface area (Å²) in [6, 6.07) is 16.1. The number of ether oxygens (including phenoxy) is 1. The van der Waals surface area contributed by atoms with Crippen molar-refractivity contribution >= 4 is 23.5 Å². The Balaban J connectivity index is 1.28. The van der Waals surface area contributed by atoms with Crippen LogP contribution in [-0.2, 0) is 20.8 Å². The van der Waals surface area contributed by atoms with E-state index in [1.807, 2.05) is 30.3 Å². The molecule has 0 aromatic heterocycles. The van der Waals surface area contributed by atoms with Gasteiger partial charge in [-0.05, 0) is 60.9 Å². The summed E-state index contributed by atoms with van der Waals surface area (Å²) in [7, 11) is 0. The molecule has 4 atom stereocenters. The number of esters is 1. The monoisotopic (exact) mass is 375 g/mol. The van der Waals surface area contributed by atoms with Gasteiger partial charge in [0.05, 0.1) is 23.9 Å². The molecule has 5 nitrogen and oxygen atoms in total. The molecule has 0 radical (unpaired) electrons. The van der Waals surface area contributed by atoms with E-state index >= 15 is 0 Å². The average Bonchev–Trinajstić information content (AvgIpc) is 3.37. The van der Waals surface area contributed by atoms with Crippen LogP contribution in [0.15, 0.2) is 54.6 Å². The first-order valence-corrected chi connectivity index (χ1v) is 9.84. The third-order valence-electron chi connectivity index (χ3n) is 6.45. The number of imide groups is 1. The maximum atomic E-state index is 12.9. The summed E-state index contributed by atoms with van der Waals surface area (Å²) in [5, 5.41) is 0. The minimum Gasteiger partial charge on any atom is -0.426 e. The van der Waals surface area contributed by atoms with Gasteiger partial charge < -0.3 is 4.74 Å². The zero-order valence-corrected chi connectivity index (χ0v) is 15.4. The summed E-state index contributed by atoms with van der Waals surface area (Å²) in [5.41, 5.74) is 1.45. The Morgan fingerprint density at radius 2 is 1.50 bits per heavy atom. The predicted molar refractivity (Wildman–Crippen MR) is 103 cm³/mol. The third kappa shape index (κ3) is 2.73. The van der Waals surface area contributed by atoms with Crippen LogP contribution in [0.4, 0.5) is 5.69 Å². The summed E-state index contributed by atoms with van der Waals surface area (Å²) in [4.78, 5) is 39.2. The van der Waals surface area contributed by atoms with Crippen LogP contribution in [0.5, 0.6) is 5.75 Å². The number of amides is 2. The van der Waals surface area contributed by atoms with Gasteiger partial charge in [-0.25, -0.2) is 0 Å². The van der Waals surface area contributed by atoms with Crippen LogP contribution in [0.25, 0.3) is 0 Å². The fourth-order valence-electron chi connectivity index (χ4n) is 5.26. The van der Waals surface area contributed by atoms with Crippen LogP contribution in [0, 0.1) is 23.7 Å². The second-order valence-electron chi connectivity index (χ2n) is 8.03. The lowest BCUT2D eigenvalue weighted by atomic mass is 9.81. The van der Waals surface area contributed by atoms with Crippen LogP contribution < -0.4 is 9.64 Å². The lowest BCUT2D eigenvalue weighted by molar-refractivity contribution is -0.133. The molecule has 5 rings (SSSR count). The van der Waals surface area contributed by atoms with Gasteiger partial charge in [-0.15, -0.1) is 0 Å². The highest BCUT2D eigenvalue weighted by atomic mass is 16.5. The quantitative estimate of drug-likeness (QED) is 0.467. The summed E-state index contributed by atoms with van der Waals surface area (Å²) in [5.74, 6) is 0.419. The lowest BCUT2D eigenvalue weighted by Gasteiger charge is -2.19. The molecule has 0 N–H and O–H groups in total. The van der Waals surface area contributed by atoms with Gasteiger partial charge in [0.2, 0.25) is 11.8 Å². The molecule has 2 aliphatic carbocycles. The smallest absolute Gasteiger partial charge is 0.315 e. The van der Waals surface area contributed by atoms with E-state index in [1.54, 1.807) is 24.3 Å². The van der Waals surface area contributed by atoms with Crippen LogP contribution in [0.3, 0.4) is 0 Å². The number of rotatable bonds is 4. The molecule has 2 bridgehead atoms. The molecule has 4 unspecified atom stereocenters. The fraction of sp³-hybridized carbons (Fsp3) is 0.348. The number of anilines is 1. The van der Waals surface area contributed by atoms with Crippen LogP contribution in [0.1, 0.15) is 24.8 Å². The summed E-state index contributed by atoms with van der Waals surface area (Å²) >= 11 is 0. The van der Waals surface area contributed by atoms with E-state index in [-0.39, 0.29) is 36.0 Å². The van der Waals surface area contributed by atoms with Gasteiger partial charge in [0.25, 0.3) is 0 Å². The van der Waals surface area contributed by atoms with E-state index in [1.165, 1.54) is 4.90 Å². The number of carbonyl (C=O) groups is 3. The highest BCUT2D eigenvalue weighted by Gasteiger charge is 2.61. The molecule has 3 aliphatic rings. The zero-order chi connectivity index (χ0) is 19.3. The van der Waals surface area contributed by atoms with Crippen molar-refractivity contribution in [1.29, 1.82) is 0 Å². The van der Waals surface area contributed by atoms with Crippen LogP contribution in [0.2, 0.25) is 0 Å². The van der Waals surface area contributed by atoms with Crippen molar-refractivity contribution in [1.82, 2.24) is 0 Å². The van der Waals surface area contributed by atoms with E-state index < -0.39 is 0 Å². The van der Waals surface area contributed by atoms with E-state index in [4.69, 9.17) is 4.74 Å². The van der Waals surface area contributed by atoms with Gasteiger partial charge >= 0.3 is 5.97 Å². The van der Waals surface area contributed by atoms with Gasteiger partial charge in [-0.1, -0.05) is 30.3 Å². The topological polar surface area (TPSA) is 63.7 Å². The van der Waals surface area contributed by atoms with Gasteiger partial charge in [0.1, 0.15) is 5.75 Å². The highest BCUT2D eigenvalue weighted by molar-refractivity contribution is 6.22. The molecule has 2 saturated carbocycles. The number of carbonyl (C=O) groups excluding carboxylic acids is 3. The Kier molecular flexibility index (Phi) is 4.04. The predicted octanol–water partition coefficient (Wildman–Crippen LogP) is 3.37. The molecule has 5 heteroatoms. The molecular weight excluding hydrogens is 354 g/mol. The summed E-state index contributed by atoms with van der Waals surface area (Å²) in [6.45, 7) is 0. The Labute approximate surface area is 163 Å². The van der Waals surface area contributed by atoms with Crippen molar-refractivity contribution in [3.63, 3.8) is 0 Å². The van der Waals surface area contributed by atoms with Gasteiger partial charge in [0.15, 0.2) is 0 Å². The first kappa shape index (κ1) is 17.2. The normalized spacial score (nSPS) is 27.9. The first-order valence-electron chi connectivity index (χ1n) is 9.84. The molecular formula is C23H21NO4. The van der Waals surface area contributed by atoms with Crippen LogP contribution in [-0.4, -0.2) is 17.8 Å². The van der Waals surface area contributed by atoms with Gasteiger partial charge in [-0.2, -0.15) is 0 Å². The summed E-state index contributed by atoms with van der Waals surface area (Å²) < 4.78 is 5.38. The Morgan fingerprint density at radius 3 is 2.11 bits per heavy atom. The molecule has 1 saturated heterocycles. The van der Waals surface area contributed by atoms with Gasteiger partial charge in [-0.3, -0.25) is 19.3 Å². The fourth-order valence-corrected chi connectivity index (χ4v) is 5.26. The van der Waals surface area contributed by atoms with E-state index in [9.17, 15) is 14.4 Å². The standard InChI is InChI=1S/C23H21NO4/c25-19(12-14-4-2-1-3-5-14)28-18-10-8-17(9-11-18)24-22(26)20-15-6-7-16(13-15)21(20)23(24)27/h1-5,8-11,15-16,20-21H,6-7,12-13H2. The molecule has 142 valence electrons. The number of benzene rings is 2. The zero-order valence-electron chi connectivity index (χ0n) is 15.4. The number of nitrogens with zero attached hydrogens (tertiary/aromatic N) is 1. The SMILES string of the molecule is O=C(Cc1ccccc1)Oc1ccc(N2C(=O)C3C4CCC(C4)C3C2=O)cc1. The highest BCUT2D eigenvalue weighted by Crippen LogP contribution is 2.56. The third-order valence-corrected chi connectivity index (χ3v) is 6.45. The van der Waals surface area contributed by atoms with E-state index in [0.29, 0.717) is 23.3 Å². The molecule has 28 heavy (non-hydrogen) atoms. The maximum Gasteiger partial charge on any atom is 0.315 e. The Bertz CT molecular complexity index is 909. The molecule has 3 fully saturated rings. The first-order chi connectivity index (χ1) is 13.6. The van der Waals surface area contributed by atoms with Crippen molar-refractivity contribution < 1.29 is 19.1 Å². The van der Waals surface area contributed by atoms with Crippen molar-refractivity contribution in [2.75, 3.05) is 4.90 Å². The maximum absolute atomic E-state index is 12.9. The van der Waals surface area contributed by atoms with Crippen molar-refractivity contribution in [3.8, 4) is 5.75 Å². The second-order valence-corrected chi connectivity index (χ2v) is 8.03. The average molecular weight is 375 g/mol. The van der Waals surface area contributed by atoms with E-state index in [2.05, 4.69) is 0 Å². The molecule has 2 aromatic carbocycles. The van der Waals surface area contributed by atoms with Crippen molar-refractivity contribution in [3.05, 3.63) is 60.2 Å². The molecule has 2 aromatic rings. The van der Waals surface area contributed by atoms with Crippen molar-refractivity contribution in [2.45, 2.75) is 25.7 Å². The lowest BCUT2D eigenvalue weighted by Crippen LogP contribution is -2.32. The number of fused-ring (bicyclic) bond motifs is 5. The molecule has 0 spiro atoms. The van der Waals surface area contributed by atoms with Crippen molar-refractivity contribution in [2.24, 2.45) is 23.7 Å². The molecule has 2 amide bonds. The Morgan fingerprint density at radius 1 is 0.893 bits per heavy atom. The van der Waals surface area contributed by atoms with E-state index in [0.717, 1.165) is 24.8 Å². The second kappa shape index (κ2) is 6.59. The number of hydrogen-bond acceptors (Lipinski definition) is 4.